The Kier molecular flexibility index (Phi) is 2.28. The lowest BCUT2D eigenvalue weighted by atomic mass is 9.80. The predicted octanol–water partition coefficient (Wildman–Crippen LogP) is -0.251. The van der Waals surface area contributed by atoms with Crippen molar-refractivity contribution in [2.24, 2.45) is 23.1 Å². The van der Waals surface area contributed by atoms with E-state index in [0.29, 0.717) is 12.5 Å². The lowest BCUT2D eigenvalue weighted by Crippen LogP contribution is -2.59. The fourth-order valence-corrected chi connectivity index (χ4v) is 1.63. The van der Waals surface area contributed by atoms with E-state index < -0.39 is 5.66 Å². The highest BCUT2D eigenvalue weighted by Gasteiger charge is 2.31. The molecular weight excluding hydrogens is 126 g/mol. The van der Waals surface area contributed by atoms with Crippen LogP contribution in [-0.2, 0) is 0 Å². The molecule has 0 aliphatic heterocycles. The molecule has 0 spiro atoms. The zero-order valence-corrected chi connectivity index (χ0v) is 6.34. The van der Waals surface area contributed by atoms with E-state index in [0.717, 1.165) is 19.3 Å². The second-order valence-electron chi connectivity index (χ2n) is 3.29. The predicted molar refractivity (Wildman–Crippen MR) is 42.1 cm³/mol. The van der Waals surface area contributed by atoms with Crippen LogP contribution in [0.5, 0.6) is 0 Å². The minimum absolute atomic E-state index is 0.334. The van der Waals surface area contributed by atoms with Gasteiger partial charge in [0.2, 0.25) is 0 Å². The highest BCUT2D eigenvalue weighted by molar-refractivity contribution is 4.89. The highest BCUT2D eigenvalue weighted by Crippen LogP contribution is 2.26. The summed E-state index contributed by atoms with van der Waals surface area (Å²) >= 11 is 0. The Morgan fingerprint density at radius 3 is 2.40 bits per heavy atom. The molecule has 1 aliphatic rings. The van der Waals surface area contributed by atoms with Crippen molar-refractivity contribution >= 4 is 0 Å². The molecule has 10 heavy (non-hydrogen) atoms. The lowest BCUT2D eigenvalue weighted by molar-refractivity contribution is 0.201. The number of hydrogen-bond acceptors (Lipinski definition) is 3. The van der Waals surface area contributed by atoms with E-state index >= 15 is 0 Å². The van der Waals surface area contributed by atoms with Crippen LogP contribution in [0.15, 0.2) is 0 Å². The van der Waals surface area contributed by atoms with Crippen molar-refractivity contribution in [1.82, 2.24) is 0 Å². The molecule has 0 heterocycles. The molecule has 3 heteroatoms. The van der Waals surface area contributed by atoms with Crippen LogP contribution in [0.25, 0.3) is 0 Å². The number of rotatable bonds is 1. The van der Waals surface area contributed by atoms with Crippen LogP contribution >= 0.6 is 0 Å². The fourth-order valence-electron chi connectivity index (χ4n) is 1.63. The molecule has 1 atom stereocenters. The molecule has 0 aromatic rings. The van der Waals surface area contributed by atoms with Crippen LogP contribution in [0.3, 0.4) is 0 Å². The zero-order valence-electron chi connectivity index (χ0n) is 6.34. The van der Waals surface area contributed by atoms with Gasteiger partial charge in [0.25, 0.3) is 0 Å². The number of hydrogen-bond donors (Lipinski definition) is 3. The largest absolute Gasteiger partial charge is 0.330 e. The average Bonchev–Trinajstić information content (AvgIpc) is 1.87. The van der Waals surface area contributed by atoms with Crippen LogP contribution in [0.2, 0.25) is 0 Å². The Bertz CT molecular complexity index is 111. The normalized spacial score (nSPS) is 32.1. The first-order chi connectivity index (χ1) is 4.67. The zero-order chi connectivity index (χ0) is 7.61. The molecule has 0 aromatic heterocycles. The maximum atomic E-state index is 5.83. The Hall–Kier alpha value is -0.120. The highest BCUT2D eigenvalue weighted by atomic mass is 15.0. The van der Waals surface area contributed by atoms with Crippen molar-refractivity contribution < 1.29 is 0 Å². The third-order valence-corrected chi connectivity index (χ3v) is 2.46. The van der Waals surface area contributed by atoms with E-state index in [1.54, 1.807) is 0 Å². The van der Waals surface area contributed by atoms with Gasteiger partial charge in [0.05, 0.1) is 5.66 Å². The number of nitrogens with two attached hydrogens (primary N) is 3. The summed E-state index contributed by atoms with van der Waals surface area (Å²) in [5.74, 6) is 0.334. The first-order valence-corrected chi connectivity index (χ1v) is 3.94. The summed E-state index contributed by atoms with van der Waals surface area (Å²) in [5, 5.41) is 0. The third-order valence-electron chi connectivity index (χ3n) is 2.46. The summed E-state index contributed by atoms with van der Waals surface area (Å²) in [6.07, 6.45) is 4.42. The Morgan fingerprint density at radius 1 is 1.30 bits per heavy atom. The monoisotopic (exact) mass is 143 g/mol. The van der Waals surface area contributed by atoms with Crippen molar-refractivity contribution in [2.45, 2.75) is 31.3 Å². The topological polar surface area (TPSA) is 78.1 Å². The standard InChI is InChI=1S/C7H17N3/c8-5-6-3-1-2-4-7(6,9)10/h6H,1-5,8-10H2. The van der Waals surface area contributed by atoms with Crippen molar-refractivity contribution in [2.75, 3.05) is 6.54 Å². The molecule has 1 aliphatic carbocycles. The summed E-state index contributed by atoms with van der Waals surface area (Å²) in [5.41, 5.74) is 16.7. The van der Waals surface area contributed by atoms with Gasteiger partial charge in [-0.1, -0.05) is 12.8 Å². The van der Waals surface area contributed by atoms with Gasteiger partial charge in [0.15, 0.2) is 0 Å². The quantitative estimate of drug-likeness (QED) is 0.443. The van der Waals surface area contributed by atoms with E-state index in [9.17, 15) is 0 Å². The van der Waals surface area contributed by atoms with E-state index in [1.165, 1.54) is 6.42 Å². The van der Waals surface area contributed by atoms with E-state index in [1.807, 2.05) is 0 Å². The van der Waals surface area contributed by atoms with Gasteiger partial charge in [-0.3, -0.25) is 0 Å². The SMILES string of the molecule is NCC1CCCCC1(N)N. The van der Waals surface area contributed by atoms with Gasteiger partial charge in [0.1, 0.15) is 0 Å². The smallest absolute Gasteiger partial charge is 0.0677 e. The van der Waals surface area contributed by atoms with Crippen LogP contribution < -0.4 is 17.2 Å². The Balaban J connectivity index is 2.51. The summed E-state index contributed by atoms with van der Waals surface area (Å²) in [6.45, 7) is 0.632. The van der Waals surface area contributed by atoms with Crippen molar-refractivity contribution in [3.05, 3.63) is 0 Å². The first kappa shape index (κ1) is 7.98. The van der Waals surface area contributed by atoms with Crippen molar-refractivity contribution in [3.63, 3.8) is 0 Å². The van der Waals surface area contributed by atoms with Crippen LogP contribution in [0.1, 0.15) is 25.7 Å². The molecule has 60 valence electrons. The molecular formula is C7H17N3. The van der Waals surface area contributed by atoms with Gasteiger partial charge >= 0.3 is 0 Å². The fraction of sp³-hybridized carbons (Fsp3) is 1.00. The summed E-state index contributed by atoms with van der Waals surface area (Å²) < 4.78 is 0. The minimum atomic E-state index is -0.479. The van der Waals surface area contributed by atoms with E-state index in [-0.39, 0.29) is 0 Å². The molecule has 0 radical (unpaired) electrons. The Morgan fingerprint density at radius 2 is 2.00 bits per heavy atom. The van der Waals surface area contributed by atoms with Gasteiger partial charge in [0, 0.05) is 5.92 Å². The molecule has 0 amide bonds. The van der Waals surface area contributed by atoms with Crippen molar-refractivity contribution in [3.8, 4) is 0 Å². The van der Waals surface area contributed by atoms with Gasteiger partial charge in [-0.15, -0.1) is 0 Å². The van der Waals surface area contributed by atoms with Crippen LogP contribution in [0, 0.1) is 5.92 Å². The molecule has 1 fully saturated rings. The first-order valence-electron chi connectivity index (χ1n) is 3.94. The van der Waals surface area contributed by atoms with E-state index in [2.05, 4.69) is 0 Å². The maximum Gasteiger partial charge on any atom is 0.0677 e. The molecule has 0 aromatic carbocycles. The second kappa shape index (κ2) is 2.86. The Labute approximate surface area is 61.9 Å². The van der Waals surface area contributed by atoms with Crippen LogP contribution in [-0.4, -0.2) is 12.2 Å². The molecule has 3 nitrogen and oxygen atoms in total. The molecule has 1 unspecified atom stereocenters. The third kappa shape index (κ3) is 1.48. The molecule has 0 bridgehead atoms. The minimum Gasteiger partial charge on any atom is -0.330 e. The summed E-state index contributed by atoms with van der Waals surface area (Å²) in [6, 6.07) is 0. The van der Waals surface area contributed by atoms with Gasteiger partial charge in [-0.05, 0) is 19.4 Å². The molecule has 0 saturated heterocycles. The van der Waals surface area contributed by atoms with Crippen LogP contribution in [0.4, 0.5) is 0 Å². The van der Waals surface area contributed by atoms with Gasteiger partial charge < -0.3 is 17.2 Å². The summed E-state index contributed by atoms with van der Waals surface area (Å²) in [4.78, 5) is 0. The lowest BCUT2D eigenvalue weighted by Gasteiger charge is -2.37. The maximum absolute atomic E-state index is 5.83. The molecule has 1 saturated carbocycles. The molecule has 6 N–H and O–H groups in total. The summed E-state index contributed by atoms with van der Waals surface area (Å²) in [7, 11) is 0. The van der Waals surface area contributed by atoms with Gasteiger partial charge in [-0.25, -0.2) is 0 Å². The van der Waals surface area contributed by atoms with Gasteiger partial charge in [-0.2, -0.15) is 0 Å². The average molecular weight is 143 g/mol. The van der Waals surface area contributed by atoms with E-state index in [4.69, 9.17) is 17.2 Å². The molecule has 1 rings (SSSR count). The second-order valence-corrected chi connectivity index (χ2v) is 3.29. The van der Waals surface area contributed by atoms with Crippen molar-refractivity contribution in [1.29, 1.82) is 0 Å².